The molecular weight excluding hydrogens is 274 g/mol. The summed E-state index contributed by atoms with van der Waals surface area (Å²) in [4.78, 5) is 13.0. The van der Waals surface area contributed by atoms with Crippen LogP contribution in [0.1, 0.15) is 18.7 Å². The van der Waals surface area contributed by atoms with Gasteiger partial charge < -0.3 is 11.1 Å². The molecule has 7 heteroatoms. The molecule has 1 aromatic heterocycles. The van der Waals surface area contributed by atoms with Crippen molar-refractivity contribution < 1.29 is 4.79 Å². The van der Waals surface area contributed by atoms with E-state index in [1.54, 1.807) is 18.0 Å². The first-order valence-corrected chi connectivity index (χ1v) is 7.41. The summed E-state index contributed by atoms with van der Waals surface area (Å²) < 4.78 is 1.48. The normalized spacial score (nSPS) is 12.2. The average Bonchev–Trinajstić information content (AvgIpc) is 2.88. The second kappa shape index (κ2) is 6.53. The van der Waals surface area contributed by atoms with Crippen molar-refractivity contribution in [1.82, 2.24) is 15.0 Å². The van der Waals surface area contributed by atoms with Crippen LogP contribution in [0.5, 0.6) is 0 Å². The van der Waals surface area contributed by atoms with E-state index in [2.05, 4.69) is 15.6 Å². The highest BCUT2D eigenvalue weighted by Gasteiger charge is 2.10. The highest BCUT2D eigenvalue weighted by atomic mass is 32.2. The average molecular weight is 291 g/mol. The molecule has 3 N–H and O–H groups in total. The minimum Gasteiger partial charge on any atom is -0.323 e. The van der Waals surface area contributed by atoms with Crippen molar-refractivity contribution in [3.63, 3.8) is 0 Å². The standard InChI is InChI=1S/C13H17N5OS/c1-9(14)11-7-18(17-16-11)8-13(19)15-10-5-3-4-6-12(10)20-2/h3-7,9H,8,14H2,1-2H3,(H,15,19). The van der Waals surface area contributed by atoms with Crippen molar-refractivity contribution in [2.45, 2.75) is 24.4 Å². The van der Waals surface area contributed by atoms with Crippen molar-refractivity contribution in [3.05, 3.63) is 36.2 Å². The predicted molar refractivity (Wildman–Crippen MR) is 79.5 cm³/mol. The number of rotatable bonds is 5. The zero-order chi connectivity index (χ0) is 14.5. The molecule has 0 saturated carbocycles. The maximum absolute atomic E-state index is 12.0. The molecule has 0 radical (unpaired) electrons. The number of thioether (sulfide) groups is 1. The predicted octanol–water partition coefficient (Wildman–Crippen LogP) is 1.66. The van der Waals surface area contributed by atoms with E-state index in [1.807, 2.05) is 37.4 Å². The number of carbonyl (C=O) groups is 1. The van der Waals surface area contributed by atoms with Crippen molar-refractivity contribution in [2.24, 2.45) is 5.73 Å². The number of nitrogens with zero attached hydrogens (tertiary/aromatic N) is 3. The molecule has 106 valence electrons. The first-order chi connectivity index (χ1) is 9.60. The summed E-state index contributed by atoms with van der Waals surface area (Å²) in [5, 5.41) is 10.7. The van der Waals surface area contributed by atoms with Crippen LogP contribution in [0.15, 0.2) is 35.4 Å². The van der Waals surface area contributed by atoms with E-state index in [0.29, 0.717) is 5.69 Å². The lowest BCUT2D eigenvalue weighted by Gasteiger charge is -2.08. The Bertz CT molecular complexity index is 596. The summed E-state index contributed by atoms with van der Waals surface area (Å²) in [5.41, 5.74) is 7.17. The van der Waals surface area contributed by atoms with Gasteiger partial charge >= 0.3 is 0 Å². The van der Waals surface area contributed by atoms with Crippen LogP contribution < -0.4 is 11.1 Å². The third-order valence-electron chi connectivity index (χ3n) is 2.71. The van der Waals surface area contributed by atoms with Crippen molar-refractivity contribution in [2.75, 3.05) is 11.6 Å². The Morgan fingerprint density at radius 1 is 1.50 bits per heavy atom. The Labute approximate surface area is 121 Å². The van der Waals surface area contributed by atoms with Gasteiger partial charge in [0.2, 0.25) is 5.91 Å². The Morgan fingerprint density at radius 2 is 2.25 bits per heavy atom. The van der Waals surface area contributed by atoms with Gasteiger partial charge in [-0.05, 0) is 25.3 Å². The second-order valence-corrected chi connectivity index (χ2v) is 5.23. The number of aromatic nitrogens is 3. The van der Waals surface area contributed by atoms with Gasteiger partial charge in [-0.1, -0.05) is 17.3 Å². The number of anilines is 1. The largest absolute Gasteiger partial charge is 0.323 e. The molecule has 0 bridgehead atoms. The zero-order valence-electron chi connectivity index (χ0n) is 11.4. The fraction of sp³-hybridized carbons (Fsp3) is 0.308. The molecule has 0 spiro atoms. The molecule has 1 amide bonds. The Hall–Kier alpha value is -1.86. The lowest BCUT2D eigenvalue weighted by atomic mass is 10.3. The number of amides is 1. The van der Waals surface area contributed by atoms with Crippen molar-refractivity contribution >= 4 is 23.4 Å². The summed E-state index contributed by atoms with van der Waals surface area (Å²) in [6.07, 6.45) is 3.65. The number of hydrogen-bond donors (Lipinski definition) is 2. The van der Waals surface area contributed by atoms with Crippen LogP contribution in [0.25, 0.3) is 0 Å². The lowest BCUT2D eigenvalue weighted by Crippen LogP contribution is -2.19. The first-order valence-electron chi connectivity index (χ1n) is 6.18. The van der Waals surface area contributed by atoms with E-state index in [9.17, 15) is 4.79 Å². The minimum absolute atomic E-state index is 0.114. The van der Waals surface area contributed by atoms with Crippen LogP contribution in [0.4, 0.5) is 5.69 Å². The van der Waals surface area contributed by atoms with Crippen LogP contribution in [0.3, 0.4) is 0 Å². The maximum atomic E-state index is 12.0. The number of benzene rings is 1. The quantitative estimate of drug-likeness (QED) is 0.818. The van der Waals surface area contributed by atoms with Gasteiger partial charge in [0, 0.05) is 10.9 Å². The number of nitrogens with two attached hydrogens (primary N) is 1. The molecule has 0 aliphatic heterocycles. The van der Waals surface area contributed by atoms with E-state index in [0.717, 1.165) is 10.6 Å². The molecule has 0 fully saturated rings. The minimum atomic E-state index is -0.191. The molecule has 1 atom stereocenters. The topological polar surface area (TPSA) is 85.8 Å². The molecule has 1 heterocycles. The Balaban J connectivity index is 2.01. The SMILES string of the molecule is CSc1ccccc1NC(=O)Cn1cc(C(C)N)nn1. The Morgan fingerprint density at radius 3 is 2.90 bits per heavy atom. The van der Waals surface area contributed by atoms with Crippen molar-refractivity contribution in [1.29, 1.82) is 0 Å². The highest BCUT2D eigenvalue weighted by molar-refractivity contribution is 7.98. The third kappa shape index (κ3) is 3.58. The molecule has 6 nitrogen and oxygen atoms in total. The van der Waals surface area contributed by atoms with Gasteiger partial charge in [-0.25, -0.2) is 4.68 Å². The van der Waals surface area contributed by atoms with Crippen LogP contribution in [-0.2, 0) is 11.3 Å². The van der Waals surface area contributed by atoms with E-state index >= 15 is 0 Å². The zero-order valence-corrected chi connectivity index (χ0v) is 12.2. The van der Waals surface area contributed by atoms with Crippen LogP contribution in [-0.4, -0.2) is 27.2 Å². The number of nitrogens with one attached hydrogen (secondary N) is 1. The summed E-state index contributed by atoms with van der Waals surface area (Å²) in [6.45, 7) is 1.94. The Kier molecular flexibility index (Phi) is 4.75. The van der Waals surface area contributed by atoms with E-state index in [4.69, 9.17) is 5.73 Å². The van der Waals surface area contributed by atoms with Crippen molar-refractivity contribution in [3.8, 4) is 0 Å². The molecule has 1 aromatic carbocycles. The number of carbonyl (C=O) groups excluding carboxylic acids is 1. The van der Waals surface area contributed by atoms with Gasteiger partial charge in [-0.2, -0.15) is 0 Å². The molecule has 0 saturated heterocycles. The fourth-order valence-electron chi connectivity index (χ4n) is 1.68. The lowest BCUT2D eigenvalue weighted by molar-refractivity contribution is -0.116. The number of para-hydroxylation sites is 1. The van der Waals surface area contributed by atoms with E-state index < -0.39 is 0 Å². The van der Waals surface area contributed by atoms with Gasteiger partial charge in [-0.3, -0.25) is 4.79 Å². The van der Waals surface area contributed by atoms with E-state index in [1.165, 1.54) is 4.68 Å². The van der Waals surface area contributed by atoms with Gasteiger partial charge in [0.05, 0.1) is 17.6 Å². The molecule has 2 rings (SSSR count). The van der Waals surface area contributed by atoms with Crippen LogP contribution >= 0.6 is 11.8 Å². The second-order valence-electron chi connectivity index (χ2n) is 4.38. The summed E-state index contributed by atoms with van der Waals surface area (Å²) >= 11 is 1.59. The molecule has 2 aromatic rings. The molecule has 0 aliphatic carbocycles. The van der Waals surface area contributed by atoms with Gasteiger partial charge in [0.15, 0.2) is 0 Å². The summed E-state index contributed by atoms with van der Waals surface area (Å²) in [5.74, 6) is -0.146. The molecule has 0 aliphatic rings. The molecule has 20 heavy (non-hydrogen) atoms. The van der Waals surface area contributed by atoms with Gasteiger partial charge in [0.25, 0.3) is 0 Å². The van der Waals surface area contributed by atoms with E-state index in [-0.39, 0.29) is 18.5 Å². The molecular formula is C13H17N5OS. The van der Waals surface area contributed by atoms with Gasteiger partial charge in [0.1, 0.15) is 6.54 Å². The fourth-order valence-corrected chi connectivity index (χ4v) is 2.24. The third-order valence-corrected chi connectivity index (χ3v) is 3.51. The van der Waals surface area contributed by atoms with Crippen LogP contribution in [0.2, 0.25) is 0 Å². The molecule has 1 unspecified atom stereocenters. The summed E-state index contributed by atoms with van der Waals surface area (Å²) in [6, 6.07) is 7.47. The maximum Gasteiger partial charge on any atom is 0.246 e. The van der Waals surface area contributed by atoms with Gasteiger partial charge in [-0.15, -0.1) is 16.9 Å². The monoisotopic (exact) mass is 291 g/mol. The highest BCUT2D eigenvalue weighted by Crippen LogP contribution is 2.24. The number of hydrogen-bond acceptors (Lipinski definition) is 5. The first kappa shape index (κ1) is 14.5. The smallest absolute Gasteiger partial charge is 0.246 e. The van der Waals surface area contributed by atoms with Crippen LogP contribution in [0, 0.1) is 0 Å². The summed E-state index contributed by atoms with van der Waals surface area (Å²) in [7, 11) is 0.